The molecule has 26 heavy (non-hydrogen) atoms. The molecule has 0 aromatic heterocycles. The van der Waals surface area contributed by atoms with Crippen LogP contribution in [0.5, 0.6) is 5.75 Å². The molecule has 1 aliphatic rings. The second-order valence-corrected chi connectivity index (χ2v) is 8.84. The van der Waals surface area contributed by atoms with Crippen LogP contribution in [0.3, 0.4) is 0 Å². The highest BCUT2D eigenvalue weighted by atomic mass is 32.2. The molecule has 8 nitrogen and oxygen atoms in total. The number of hydrogen-bond donors (Lipinski definition) is 0. The van der Waals surface area contributed by atoms with E-state index >= 15 is 0 Å². The van der Waals surface area contributed by atoms with Gasteiger partial charge in [0.2, 0.25) is 0 Å². The molecule has 0 bridgehead atoms. The molecule has 0 unspecified atom stereocenters. The zero-order valence-electron chi connectivity index (χ0n) is 15.2. The minimum Gasteiger partial charge on any atom is -0.484 e. The van der Waals surface area contributed by atoms with Crippen molar-refractivity contribution in [1.82, 2.24) is 4.90 Å². The van der Waals surface area contributed by atoms with Gasteiger partial charge in [-0.2, -0.15) is 0 Å². The molecule has 1 aromatic rings. The molecule has 1 aromatic carbocycles. The third-order valence-electron chi connectivity index (χ3n) is 4.68. The summed E-state index contributed by atoms with van der Waals surface area (Å²) in [6, 6.07) is 3.88. The van der Waals surface area contributed by atoms with E-state index in [1.807, 2.05) is 13.8 Å². The maximum atomic E-state index is 12.7. The van der Waals surface area contributed by atoms with Crippen LogP contribution >= 0.6 is 0 Å². The highest BCUT2D eigenvalue weighted by molar-refractivity contribution is 7.91. The summed E-state index contributed by atoms with van der Waals surface area (Å²) in [5, 5.41) is 10.9. The number of amides is 1. The standard InChI is InChI=1S/C17H24N2O6S/c1-4-13(3)18(14-7-8-26(23,24)11-14)17(20)10-25-15-5-6-16(19(21)22)12(2)9-15/h5-6,9,13-14H,4,7-8,10-11H2,1-3H3/t13-,14-/m1/s1. The van der Waals surface area contributed by atoms with E-state index in [-0.39, 0.29) is 41.8 Å². The fraction of sp³-hybridized carbons (Fsp3) is 0.588. The third kappa shape index (κ3) is 4.72. The number of benzene rings is 1. The smallest absolute Gasteiger partial charge is 0.272 e. The van der Waals surface area contributed by atoms with E-state index in [1.165, 1.54) is 18.2 Å². The number of hydrogen-bond acceptors (Lipinski definition) is 6. The molecule has 0 N–H and O–H groups in total. The first kappa shape index (κ1) is 20.2. The zero-order chi connectivity index (χ0) is 19.5. The predicted octanol–water partition coefficient (Wildman–Crippen LogP) is 2.10. The van der Waals surface area contributed by atoms with Crippen molar-refractivity contribution < 1.29 is 22.9 Å². The second kappa shape index (κ2) is 8.03. The van der Waals surface area contributed by atoms with Crippen molar-refractivity contribution in [2.45, 2.75) is 45.7 Å². The number of nitro groups is 1. The van der Waals surface area contributed by atoms with Gasteiger partial charge in [-0.05, 0) is 38.8 Å². The monoisotopic (exact) mass is 384 g/mol. The van der Waals surface area contributed by atoms with E-state index in [0.717, 1.165) is 0 Å². The van der Waals surface area contributed by atoms with Gasteiger partial charge in [0.25, 0.3) is 11.6 Å². The van der Waals surface area contributed by atoms with Crippen molar-refractivity contribution >= 4 is 21.4 Å². The van der Waals surface area contributed by atoms with Crippen molar-refractivity contribution in [3.8, 4) is 5.75 Å². The summed E-state index contributed by atoms with van der Waals surface area (Å²) >= 11 is 0. The molecule has 0 aliphatic carbocycles. The van der Waals surface area contributed by atoms with Gasteiger partial charge in [-0.15, -0.1) is 0 Å². The number of sulfone groups is 1. The molecule has 9 heteroatoms. The molecular formula is C17H24N2O6S. The Bertz CT molecular complexity index is 792. The second-order valence-electron chi connectivity index (χ2n) is 6.61. The van der Waals surface area contributed by atoms with Crippen LogP contribution in [0.15, 0.2) is 18.2 Å². The summed E-state index contributed by atoms with van der Waals surface area (Å²) in [5.41, 5.74) is 0.432. The Morgan fingerprint density at radius 2 is 2.15 bits per heavy atom. The van der Waals surface area contributed by atoms with E-state index in [0.29, 0.717) is 24.2 Å². The van der Waals surface area contributed by atoms with Crippen LogP contribution in [0.1, 0.15) is 32.3 Å². The Morgan fingerprint density at radius 3 is 2.65 bits per heavy atom. The first-order valence-electron chi connectivity index (χ1n) is 8.54. The Kier molecular flexibility index (Phi) is 6.22. The van der Waals surface area contributed by atoms with Crippen molar-refractivity contribution in [2.75, 3.05) is 18.1 Å². The van der Waals surface area contributed by atoms with Gasteiger partial charge in [-0.3, -0.25) is 14.9 Å². The lowest BCUT2D eigenvalue weighted by Gasteiger charge is -2.33. The SMILES string of the molecule is CC[C@@H](C)N(C(=O)COc1ccc([N+](=O)[O-])c(C)c1)[C@@H]1CCS(=O)(=O)C1. The summed E-state index contributed by atoms with van der Waals surface area (Å²) in [5.74, 6) is 0.169. The number of aryl methyl sites for hydroxylation is 1. The van der Waals surface area contributed by atoms with Crippen LogP contribution in [-0.4, -0.2) is 54.3 Å². The number of nitrogens with zero attached hydrogens (tertiary/aromatic N) is 2. The Morgan fingerprint density at radius 1 is 1.46 bits per heavy atom. The van der Waals surface area contributed by atoms with Crippen LogP contribution in [0.25, 0.3) is 0 Å². The molecule has 144 valence electrons. The molecule has 1 amide bonds. The normalized spacial score (nSPS) is 19.7. The maximum Gasteiger partial charge on any atom is 0.272 e. The van der Waals surface area contributed by atoms with E-state index < -0.39 is 14.8 Å². The molecule has 1 fully saturated rings. The lowest BCUT2D eigenvalue weighted by molar-refractivity contribution is -0.385. The van der Waals surface area contributed by atoms with Gasteiger partial charge in [0, 0.05) is 23.7 Å². The fourth-order valence-electron chi connectivity index (χ4n) is 3.14. The van der Waals surface area contributed by atoms with Crippen molar-refractivity contribution in [3.05, 3.63) is 33.9 Å². The fourth-order valence-corrected chi connectivity index (χ4v) is 4.85. The quantitative estimate of drug-likeness (QED) is 0.526. The summed E-state index contributed by atoms with van der Waals surface area (Å²) < 4.78 is 29.0. The van der Waals surface area contributed by atoms with E-state index in [4.69, 9.17) is 4.74 Å². The molecule has 1 saturated heterocycles. The van der Waals surface area contributed by atoms with Crippen molar-refractivity contribution in [1.29, 1.82) is 0 Å². The van der Waals surface area contributed by atoms with Gasteiger partial charge in [-0.1, -0.05) is 6.92 Å². The van der Waals surface area contributed by atoms with Gasteiger partial charge in [-0.25, -0.2) is 8.42 Å². The molecule has 0 spiro atoms. The van der Waals surface area contributed by atoms with Crippen LogP contribution in [-0.2, 0) is 14.6 Å². The van der Waals surface area contributed by atoms with E-state index in [9.17, 15) is 23.3 Å². The average molecular weight is 384 g/mol. The molecule has 0 saturated carbocycles. The van der Waals surface area contributed by atoms with Crippen LogP contribution in [0.4, 0.5) is 5.69 Å². The summed E-state index contributed by atoms with van der Waals surface area (Å²) in [7, 11) is -3.10. The summed E-state index contributed by atoms with van der Waals surface area (Å²) in [4.78, 5) is 24.7. The Labute approximate surface area is 153 Å². The molecule has 2 atom stereocenters. The molecular weight excluding hydrogens is 360 g/mol. The Hall–Kier alpha value is -2.16. The van der Waals surface area contributed by atoms with E-state index in [1.54, 1.807) is 11.8 Å². The number of carbonyl (C=O) groups is 1. The lowest BCUT2D eigenvalue weighted by Crippen LogP contribution is -2.48. The largest absolute Gasteiger partial charge is 0.484 e. The highest BCUT2D eigenvalue weighted by Crippen LogP contribution is 2.24. The van der Waals surface area contributed by atoms with Crippen LogP contribution in [0, 0.1) is 17.0 Å². The summed E-state index contributed by atoms with van der Waals surface area (Å²) in [6.07, 6.45) is 1.15. The number of ether oxygens (including phenoxy) is 1. The highest BCUT2D eigenvalue weighted by Gasteiger charge is 2.36. The van der Waals surface area contributed by atoms with Crippen LogP contribution < -0.4 is 4.74 Å². The van der Waals surface area contributed by atoms with Crippen LogP contribution in [0.2, 0.25) is 0 Å². The first-order chi connectivity index (χ1) is 12.1. The Balaban J connectivity index is 2.08. The average Bonchev–Trinajstić information content (AvgIpc) is 2.92. The molecule has 0 radical (unpaired) electrons. The minimum atomic E-state index is -3.10. The van der Waals surface area contributed by atoms with Crippen molar-refractivity contribution in [3.63, 3.8) is 0 Å². The lowest BCUT2D eigenvalue weighted by atomic mass is 10.1. The van der Waals surface area contributed by atoms with Gasteiger partial charge in [0.1, 0.15) is 5.75 Å². The third-order valence-corrected chi connectivity index (χ3v) is 6.43. The predicted molar refractivity (Wildman–Crippen MR) is 97.0 cm³/mol. The molecule has 1 heterocycles. The van der Waals surface area contributed by atoms with Crippen molar-refractivity contribution in [2.24, 2.45) is 0 Å². The number of carbonyl (C=O) groups excluding carboxylic acids is 1. The topological polar surface area (TPSA) is 107 Å². The summed E-state index contributed by atoms with van der Waals surface area (Å²) in [6.45, 7) is 5.19. The maximum absolute atomic E-state index is 12.7. The number of rotatable bonds is 7. The van der Waals surface area contributed by atoms with Gasteiger partial charge in [0.05, 0.1) is 16.4 Å². The minimum absolute atomic E-state index is 0.0129. The van der Waals surface area contributed by atoms with Gasteiger partial charge < -0.3 is 9.64 Å². The molecule has 1 aliphatic heterocycles. The van der Waals surface area contributed by atoms with Gasteiger partial charge in [0.15, 0.2) is 16.4 Å². The zero-order valence-corrected chi connectivity index (χ0v) is 16.0. The van der Waals surface area contributed by atoms with Gasteiger partial charge >= 0.3 is 0 Å². The first-order valence-corrected chi connectivity index (χ1v) is 10.4. The molecule has 2 rings (SSSR count). The number of nitro benzene ring substituents is 1. The van der Waals surface area contributed by atoms with E-state index in [2.05, 4.69) is 0 Å².